The number of benzene rings is 3. The Morgan fingerprint density at radius 1 is 0.915 bits per heavy atom. The van der Waals surface area contributed by atoms with Gasteiger partial charge in [-0.15, -0.1) is 0 Å². The molecule has 3 aromatic carbocycles. The van der Waals surface area contributed by atoms with Crippen molar-refractivity contribution in [1.82, 2.24) is 10.2 Å². The lowest BCUT2D eigenvalue weighted by atomic mass is 9.48. The second kappa shape index (κ2) is 13.8. The molecule has 0 aliphatic heterocycles. The molecule has 250 valence electrons. The van der Waals surface area contributed by atoms with Crippen LogP contribution in [0.15, 0.2) is 72.8 Å². The fourth-order valence-electron chi connectivity index (χ4n) is 8.74. The lowest BCUT2D eigenvalue weighted by Crippen LogP contribution is -2.53. The second-order valence-corrected chi connectivity index (χ2v) is 16.6. The first kappa shape index (κ1) is 33.8. The number of nitrogens with one attached hydrogen (secondary N) is 1. The SMILES string of the molecule is CCNC(=O)[C@@H](Cc1ccccc1)N(Cc1ccc(Cl)cc1Cl)C(=O)CN(c1ccc(C23CC4CC(CC(C4)C2)C3)cc1)S(C)(=O)=O. The van der Waals surface area contributed by atoms with E-state index in [0.29, 0.717) is 27.8 Å². The molecule has 7 rings (SSSR count). The number of carbonyl (C=O) groups excluding carboxylic acids is 2. The Morgan fingerprint density at radius 3 is 2.09 bits per heavy atom. The maximum atomic E-state index is 14.4. The zero-order valence-corrected chi connectivity index (χ0v) is 29.3. The number of hydrogen-bond acceptors (Lipinski definition) is 4. The van der Waals surface area contributed by atoms with E-state index in [2.05, 4.69) is 17.4 Å². The lowest BCUT2D eigenvalue weighted by Gasteiger charge is -2.57. The van der Waals surface area contributed by atoms with Gasteiger partial charge in [-0.2, -0.15) is 0 Å². The number of sulfonamides is 1. The first-order chi connectivity index (χ1) is 22.4. The highest BCUT2D eigenvalue weighted by molar-refractivity contribution is 7.92. The van der Waals surface area contributed by atoms with Gasteiger partial charge >= 0.3 is 0 Å². The third-order valence-electron chi connectivity index (χ3n) is 10.5. The molecule has 0 radical (unpaired) electrons. The molecule has 4 fully saturated rings. The van der Waals surface area contributed by atoms with E-state index in [-0.39, 0.29) is 24.3 Å². The van der Waals surface area contributed by atoms with E-state index in [1.807, 2.05) is 49.4 Å². The van der Waals surface area contributed by atoms with Crippen LogP contribution in [-0.4, -0.2) is 50.5 Å². The van der Waals surface area contributed by atoms with Crippen molar-refractivity contribution in [2.24, 2.45) is 17.8 Å². The van der Waals surface area contributed by atoms with Crippen molar-refractivity contribution in [2.45, 2.75) is 69.9 Å². The second-order valence-electron chi connectivity index (χ2n) is 13.9. The largest absolute Gasteiger partial charge is 0.355 e. The molecule has 0 unspecified atom stereocenters. The molecule has 1 atom stereocenters. The summed E-state index contributed by atoms with van der Waals surface area (Å²) >= 11 is 12.7. The molecule has 4 aliphatic carbocycles. The van der Waals surface area contributed by atoms with Crippen molar-refractivity contribution in [1.29, 1.82) is 0 Å². The number of likely N-dealkylation sites (N-methyl/N-ethyl adjacent to an activating group) is 1. The molecule has 0 saturated heterocycles. The van der Waals surface area contributed by atoms with Crippen LogP contribution in [-0.2, 0) is 38.0 Å². The van der Waals surface area contributed by atoms with Gasteiger partial charge in [0.25, 0.3) is 0 Å². The fourth-order valence-corrected chi connectivity index (χ4v) is 10.1. The van der Waals surface area contributed by atoms with E-state index < -0.39 is 28.5 Å². The van der Waals surface area contributed by atoms with Gasteiger partial charge in [0.1, 0.15) is 12.6 Å². The number of anilines is 1. The predicted octanol–water partition coefficient (Wildman–Crippen LogP) is 7.00. The van der Waals surface area contributed by atoms with Crippen LogP contribution in [0.1, 0.15) is 62.1 Å². The Morgan fingerprint density at radius 2 is 1.53 bits per heavy atom. The summed E-state index contributed by atoms with van der Waals surface area (Å²) in [6.07, 6.45) is 9.01. The fraction of sp³-hybridized carbons (Fsp3) is 0.459. The first-order valence-corrected chi connectivity index (χ1v) is 19.2. The van der Waals surface area contributed by atoms with Crippen LogP contribution in [0.2, 0.25) is 10.0 Å². The van der Waals surface area contributed by atoms with Crippen molar-refractivity contribution in [3.63, 3.8) is 0 Å². The molecule has 2 amide bonds. The summed E-state index contributed by atoms with van der Waals surface area (Å²) in [5.74, 6) is 1.53. The molecule has 4 saturated carbocycles. The van der Waals surface area contributed by atoms with Crippen LogP contribution < -0.4 is 9.62 Å². The highest BCUT2D eigenvalue weighted by atomic mass is 35.5. The predicted molar refractivity (Wildman–Crippen MR) is 188 cm³/mol. The van der Waals surface area contributed by atoms with E-state index in [0.717, 1.165) is 33.9 Å². The van der Waals surface area contributed by atoms with Gasteiger partial charge < -0.3 is 10.2 Å². The summed E-state index contributed by atoms with van der Waals surface area (Å²) < 4.78 is 27.7. The quantitative estimate of drug-likeness (QED) is 0.221. The normalized spacial score (nSPS) is 23.7. The number of nitrogens with zero attached hydrogens (tertiary/aromatic N) is 2. The van der Waals surface area contributed by atoms with Crippen LogP contribution in [0.4, 0.5) is 5.69 Å². The summed E-state index contributed by atoms with van der Waals surface area (Å²) in [5.41, 5.74) is 3.33. The van der Waals surface area contributed by atoms with Crippen molar-refractivity contribution < 1.29 is 18.0 Å². The Kier molecular flexibility index (Phi) is 9.94. The van der Waals surface area contributed by atoms with Gasteiger partial charge in [0.05, 0.1) is 11.9 Å². The molecule has 4 aliphatic rings. The molecule has 1 N–H and O–H groups in total. The lowest BCUT2D eigenvalue weighted by molar-refractivity contribution is -0.140. The van der Waals surface area contributed by atoms with Gasteiger partial charge in [-0.1, -0.05) is 71.7 Å². The van der Waals surface area contributed by atoms with E-state index in [9.17, 15) is 18.0 Å². The minimum atomic E-state index is -3.86. The highest BCUT2D eigenvalue weighted by Crippen LogP contribution is 2.60. The molecule has 3 aromatic rings. The molecule has 47 heavy (non-hydrogen) atoms. The van der Waals surface area contributed by atoms with Crippen LogP contribution in [0.5, 0.6) is 0 Å². The van der Waals surface area contributed by atoms with Crippen molar-refractivity contribution >= 4 is 50.7 Å². The number of halogens is 2. The minimum absolute atomic E-state index is 0.00791. The number of amides is 2. The molecule has 10 heteroatoms. The average Bonchev–Trinajstić information content (AvgIpc) is 3.02. The van der Waals surface area contributed by atoms with Crippen LogP contribution in [0.25, 0.3) is 0 Å². The number of hydrogen-bond donors (Lipinski definition) is 1. The van der Waals surface area contributed by atoms with Gasteiger partial charge in [0.2, 0.25) is 21.8 Å². The van der Waals surface area contributed by atoms with Crippen molar-refractivity contribution in [3.8, 4) is 0 Å². The molecule has 0 aromatic heterocycles. The maximum absolute atomic E-state index is 14.4. The van der Waals surface area contributed by atoms with Gasteiger partial charge in [0.15, 0.2) is 0 Å². The third kappa shape index (κ3) is 7.50. The van der Waals surface area contributed by atoms with Gasteiger partial charge in [0, 0.05) is 29.6 Å². The zero-order chi connectivity index (χ0) is 33.3. The van der Waals surface area contributed by atoms with Gasteiger partial charge in [-0.05, 0) is 110 Å². The molecule has 7 nitrogen and oxygen atoms in total. The van der Waals surface area contributed by atoms with E-state index in [4.69, 9.17) is 23.2 Å². The first-order valence-electron chi connectivity index (χ1n) is 16.6. The Labute approximate surface area is 288 Å². The van der Waals surface area contributed by atoms with Crippen molar-refractivity contribution in [3.05, 3.63) is 99.5 Å². The summed E-state index contributed by atoms with van der Waals surface area (Å²) in [7, 11) is -3.86. The molecule has 0 heterocycles. The Bertz CT molecular complexity index is 1680. The number of carbonyl (C=O) groups is 2. The van der Waals surface area contributed by atoms with E-state index >= 15 is 0 Å². The monoisotopic (exact) mass is 695 g/mol. The Hall–Kier alpha value is -3.07. The molecular formula is C37H43Cl2N3O4S. The van der Waals surface area contributed by atoms with Crippen molar-refractivity contribution in [2.75, 3.05) is 23.7 Å². The standard InChI is InChI=1S/C37H43Cl2N3O4S/c1-3-40-36(44)34(18-25-7-5-4-6-8-25)41(23-29-9-12-31(38)19-33(29)39)35(43)24-42(47(2,45)46)32-13-10-30(11-14-32)37-20-26-15-27(21-37)17-28(16-26)22-37/h4-14,19,26-28,34H,3,15-18,20-24H2,1-2H3,(H,40,44)/t26?,27?,28?,34-,37?/m1/s1. The zero-order valence-electron chi connectivity index (χ0n) is 27.0. The highest BCUT2D eigenvalue weighted by Gasteiger charge is 2.51. The van der Waals surface area contributed by atoms with Crippen LogP contribution in [0.3, 0.4) is 0 Å². The summed E-state index contributed by atoms with van der Waals surface area (Å²) in [6.45, 7) is 1.72. The number of rotatable bonds is 12. The molecular weight excluding hydrogens is 653 g/mol. The van der Waals surface area contributed by atoms with Crippen LogP contribution >= 0.6 is 23.2 Å². The summed E-state index contributed by atoms with van der Waals surface area (Å²) in [5, 5.41) is 3.67. The molecule has 0 spiro atoms. The van der Waals surface area contributed by atoms with Gasteiger partial charge in [-0.3, -0.25) is 13.9 Å². The average molecular weight is 697 g/mol. The van der Waals surface area contributed by atoms with E-state index in [1.54, 1.807) is 18.2 Å². The molecule has 4 bridgehead atoms. The van der Waals surface area contributed by atoms with E-state index in [1.165, 1.54) is 49.0 Å². The van der Waals surface area contributed by atoms with Gasteiger partial charge in [-0.25, -0.2) is 8.42 Å². The summed E-state index contributed by atoms with van der Waals surface area (Å²) in [6, 6.07) is 21.3. The minimum Gasteiger partial charge on any atom is -0.355 e. The van der Waals surface area contributed by atoms with Crippen LogP contribution in [0, 0.1) is 17.8 Å². The topological polar surface area (TPSA) is 86.8 Å². The Balaban J connectivity index is 1.31. The third-order valence-corrected chi connectivity index (χ3v) is 12.2. The smallest absolute Gasteiger partial charge is 0.244 e. The maximum Gasteiger partial charge on any atom is 0.244 e. The summed E-state index contributed by atoms with van der Waals surface area (Å²) in [4.78, 5) is 29.4.